The van der Waals surface area contributed by atoms with Crippen LogP contribution in [0.3, 0.4) is 0 Å². The van der Waals surface area contributed by atoms with Gasteiger partial charge in [-0.15, -0.1) is 0 Å². The molecule has 1 rings (SSSR count). The molecule has 4 N–H and O–H groups in total. The van der Waals surface area contributed by atoms with E-state index in [0.717, 1.165) is 11.1 Å². The van der Waals surface area contributed by atoms with Gasteiger partial charge in [0, 0.05) is 12.6 Å². The smallest absolute Gasteiger partial charge is 0.408 e. The van der Waals surface area contributed by atoms with Crippen molar-refractivity contribution in [1.29, 1.82) is 0 Å². The van der Waals surface area contributed by atoms with Gasteiger partial charge in [0.25, 0.3) is 0 Å². The van der Waals surface area contributed by atoms with E-state index in [-0.39, 0.29) is 25.1 Å². The van der Waals surface area contributed by atoms with Crippen LogP contribution in [0.4, 0.5) is 4.79 Å². The first-order valence-electron chi connectivity index (χ1n) is 7.40. The Hall–Kier alpha value is -2.34. The zero-order chi connectivity index (χ0) is 17.5. The van der Waals surface area contributed by atoms with Gasteiger partial charge in [-0.2, -0.15) is 0 Å². The maximum Gasteiger partial charge on any atom is 0.408 e. The van der Waals surface area contributed by atoms with E-state index >= 15 is 0 Å². The number of ether oxygens (including phenoxy) is 1. The van der Waals surface area contributed by atoms with E-state index in [1.165, 1.54) is 0 Å². The highest BCUT2D eigenvalue weighted by molar-refractivity contribution is 5.89. The maximum atomic E-state index is 12.1. The number of carbonyl (C=O) groups is 2. The van der Waals surface area contributed by atoms with Crippen LogP contribution < -0.4 is 16.4 Å². The van der Waals surface area contributed by atoms with Crippen LogP contribution in [0.25, 0.3) is 0 Å². The topological polar surface area (TPSA) is 93.5 Å². The van der Waals surface area contributed by atoms with Crippen molar-refractivity contribution >= 4 is 12.0 Å². The van der Waals surface area contributed by atoms with Gasteiger partial charge < -0.3 is 21.1 Å². The van der Waals surface area contributed by atoms with E-state index in [4.69, 9.17) is 10.5 Å². The second-order valence-corrected chi connectivity index (χ2v) is 5.97. The molecule has 0 radical (unpaired) electrons. The Morgan fingerprint density at radius 3 is 2.48 bits per heavy atom. The standard InChI is InChI=1S/C17H25N3O3/c1-12(2)14(18)10-19-15(21)17(3,4)20-16(22)23-11-13-8-6-5-7-9-13/h5-9,14H,1,10-11,18H2,2-4H3,(H,19,21)(H,20,22)/t14-/m1/s1. The second-order valence-electron chi connectivity index (χ2n) is 5.97. The summed E-state index contributed by atoms with van der Waals surface area (Å²) in [6, 6.07) is 8.98. The van der Waals surface area contributed by atoms with Gasteiger partial charge in [0.1, 0.15) is 12.1 Å². The Balaban J connectivity index is 2.44. The molecule has 0 saturated carbocycles. The largest absolute Gasteiger partial charge is 0.445 e. The predicted octanol–water partition coefficient (Wildman–Crippen LogP) is 1.71. The third-order valence-electron chi connectivity index (χ3n) is 3.31. The Morgan fingerprint density at radius 1 is 1.30 bits per heavy atom. The Kier molecular flexibility index (Phi) is 6.78. The van der Waals surface area contributed by atoms with Crippen LogP contribution in [0.2, 0.25) is 0 Å². The van der Waals surface area contributed by atoms with Crippen molar-refractivity contribution in [2.75, 3.05) is 6.54 Å². The average molecular weight is 319 g/mol. The van der Waals surface area contributed by atoms with Crippen molar-refractivity contribution in [3.8, 4) is 0 Å². The summed E-state index contributed by atoms with van der Waals surface area (Å²) in [5, 5.41) is 5.23. The van der Waals surface area contributed by atoms with Crippen LogP contribution in [-0.4, -0.2) is 30.1 Å². The molecule has 0 spiro atoms. The molecule has 1 atom stereocenters. The predicted molar refractivity (Wildman–Crippen MR) is 89.6 cm³/mol. The monoisotopic (exact) mass is 319 g/mol. The number of nitrogens with one attached hydrogen (secondary N) is 2. The van der Waals surface area contributed by atoms with E-state index < -0.39 is 11.6 Å². The fraction of sp³-hybridized carbons (Fsp3) is 0.412. The van der Waals surface area contributed by atoms with Crippen molar-refractivity contribution in [3.05, 3.63) is 48.0 Å². The molecule has 126 valence electrons. The van der Waals surface area contributed by atoms with E-state index in [9.17, 15) is 9.59 Å². The van der Waals surface area contributed by atoms with Crippen LogP contribution in [0.15, 0.2) is 42.5 Å². The Labute approximate surface area is 137 Å². The summed E-state index contributed by atoms with van der Waals surface area (Å²) in [5.41, 5.74) is 6.34. The van der Waals surface area contributed by atoms with Gasteiger partial charge in [-0.3, -0.25) is 4.79 Å². The number of amides is 2. The third-order valence-corrected chi connectivity index (χ3v) is 3.31. The van der Waals surface area contributed by atoms with Gasteiger partial charge >= 0.3 is 6.09 Å². The first-order chi connectivity index (χ1) is 10.7. The zero-order valence-corrected chi connectivity index (χ0v) is 13.9. The molecule has 2 amide bonds. The minimum absolute atomic E-state index is 0.144. The van der Waals surface area contributed by atoms with Gasteiger partial charge in [0.15, 0.2) is 0 Å². The van der Waals surface area contributed by atoms with E-state index in [2.05, 4.69) is 17.2 Å². The normalized spacial score (nSPS) is 12.2. The molecule has 0 aliphatic carbocycles. The van der Waals surface area contributed by atoms with E-state index in [1.54, 1.807) is 20.8 Å². The summed E-state index contributed by atoms with van der Waals surface area (Å²) in [5.74, 6) is -0.342. The number of carbonyl (C=O) groups excluding carboxylic acids is 2. The Bertz CT molecular complexity index is 555. The first-order valence-corrected chi connectivity index (χ1v) is 7.40. The van der Waals surface area contributed by atoms with Crippen molar-refractivity contribution in [1.82, 2.24) is 10.6 Å². The molecular weight excluding hydrogens is 294 g/mol. The first kappa shape index (κ1) is 18.7. The third kappa shape index (κ3) is 6.52. The highest BCUT2D eigenvalue weighted by Gasteiger charge is 2.30. The summed E-state index contributed by atoms with van der Waals surface area (Å²) >= 11 is 0. The molecule has 0 saturated heterocycles. The lowest BCUT2D eigenvalue weighted by Crippen LogP contribution is -2.56. The molecule has 23 heavy (non-hydrogen) atoms. The molecular formula is C17H25N3O3. The van der Waals surface area contributed by atoms with Gasteiger partial charge in [-0.05, 0) is 26.3 Å². The minimum Gasteiger partial charge on any atom is -0.445 e. The van der Waals surface area contributed by atoms with E-state index in [0.29, 0.717) is 0 Å². The molecule has 1 aromatic carbocycles. The minimum atomic E-state index is -1.11. The molecule has 6 heteroatoms. The molecule has 0 aliphatic rings. The number of rotatable bonds is 7. The summed E-state index contributed by atoms with van der Waals surface area (Å²) in [7, 11) is 0. The highest BCUT2D eigenvalue weighted by Crippen LogP contribution is 2.05. The molecule has 0 aliphatic heterocycles. The van der Waals surface area contributed by atoms with Gasteiger partial charge in [-0.25, -0.2) is 4.79 Å². The second kappa shape index (κ2) is 8.33. The molecule has 0 unspecified atom stereocenters. The van der Waals surface area contributed by atoms with Crippen molar-refractivity contribution in [3.63, 3.8) is 0 Å². The SMILES string of the molecule is C=C(C)[C@H](N)CNC(=O)C(C)(C)NC(=O)OCc1ccccc1. The maximum absolute atomic E-state index is 12.1. The summed E-state index contributed by atoms with van der Waals surface area (Å²) in [6.07, 6.45) is -0.654. The Morgan fingerprint density at radius 2 is 1.91 bits per heavy atom. The average Bonchev–Trinajstić information content (AvgIpc) is 2.50. The molecule has 0 bridgehead atoms. The lowest BCUT2D eigenvalue weighted by Gasteiger charge is -2.25. The number of hydrogen-bond acceptors (Lipinski definition) is 4. The quantitative estimate of drug-likeness (QED) is 0.667. The lowest BCUT2D eigenvalue weighted by atomic mass is 10.0. The van der Waals surface area contributed by atoms with Crippen molar-refractivity contribution in [2.45, 2.75) is 39.0 Å². The lowest BCUT2D eigenvalue weighted by molar-refractivity contribution is -0.126. The van der Waals surface area contributed by atoms with Crippen molar-refractivity contribution < 1.29 is 14.3 Å². The summed E-state index contributed by atoms with van der Waals surface area (Å²) in [6.45, 7) is 9.12. The van der Waals surface area contributed by atoms with Crippen LogP contribution >= 0.6 is 0 Å². The van der Waals surface area contributed by atoms with E-state index in [1.807, 2.05) is 30.3 Å². The highest BCUT2D eigenvalue weighted by atomic mass is 16.5. The fourth-order valence-corrected chi connectivity index (χ4v) is 1.67. The van der Waals surface area contributed by atoms with Crippen LogP contribution in [0.5, 0.6) is 0 Å². The van der Waals surface area contributed by atoms with Gasteiger partial charge in [-0.1, -0.05) is 42.5 Å². The van der Waals surface area contributed by atoms with Crippen LogP contribution in [-0.2, 0) is 16.1 Å². The zero-order valence-electron chi connectivity index (χ0n) is 13.9. The van der Waals surface area contributed by atoms with Gasteiger partial charge in [0.2, 0.25) is 5.91 Å². The molecule has 0 fully saturated rings. The summed E-state index contributed by atoms with van der Waals surface area (Å²) < 4.78 is 5.11. The molecule has 6 nitrogen and oxygen atoms in total. The number of hydrogen-bond donors (Lipinski definition) is 3. The molecule has 0 heterocycles. The van der Waals surface area contributed by atoms with Gasteiger partial charge in [0.05, 0.1) is 0 Å². The number of alkyl carbamates (subject to hydrolysis) is 1. The summed E-state index contributed by atoms with van der Waals surface area (Å²) in [4.78, 5) is 24.0. The van der Waals surface area contributed by atoms with Crippen LogP contribution in [0.1, 0.15) is 26.3 Å². The number of benzene rings is 1. The molecule has 1 aromatic rings. The molecule has 0 aromatic heterocycles. The fourth-order valence-electron chi connectivity index (χ4n) is 1.67. The van der Waals surface area contributed by atoms with Crippen molar-refractivity contribution in [2.24, 2.45) is 5.73 Å². The van der Waals surface area contributed by atoms with Crippen LogP contribution in [0, 0.1) is 0 Å². The number of nitrogens with two attached hydrogens (primary N) is 1.